The van der Waals surface area contributed by atoms with Crippen LogP contribution in [0.3, 0.4) is 0 Å². The van der Waals surface area contributed by atoms with Gasteiger partial charge in [0.05, 0.1) is 80.2 Å². The van der Waals surface area contributed by atoms with Crippen LogP contribution in [0.1, 0.15) is 0 Å². The molecule has 0 saturated heterocycles. The Morgan fingerprint density at radius 2 is 0.327 bits per heavy atom. The van der Waals surface area contributed by atoms with Crippen molar-refractivity contribution in [2.75, 3.05) is 56.9 Å². The Balaban J connectivity index is 0.00000964. The largest absolute Gasteiger partial charge is 2.00 e. The fraction of sp³-hybridized carbons (Fsp3) is 0.0909. The fourth-order valence-electron chi connectivity index (χ4n) is 12.8. The van der Waals surface area contributed by atoms with Crippen molar-refractivity contribution in [1.82, 2.24) is 39.9 Å². The molecule has 0 spiro atoms. The summed E-state index contributed by atoms with van der Waals surface area (Å²) in [4.78, 5) is 61.2. The molecule has 0 fully saturated rings. The van der Waals surface area contributed by atoms with Gasteiger partial charge in [-0.05, 0) is 243 Å². The monoisotopic (exact) mass is 1670 g/mol. The van der Waals surface area contributed by atoms with E-state index in [0.717, 1.165) is 168 Å². The van der Waals surface area contributed by atoms with Gasteiger partial charge in [0.1, 0.15) is 46.0 Å². The van der Waals surface area contributed by atoms with Crippen molar-refractivity contribution in [2.24, 2.45) is 0 Å². The number of methoxy groups -OCH3 is 8. The van der Waals surface area contributed by atoms with Crippen LogP contribution in [0.5, 0.6) is 46.0 Å². The quantitative estimate of drug-likeness (QED) is 0.0521. The zero-order valence-electron chi connectivity index (χ0n) is 61.5. The van der Waals surface area contributed by atoms with Crippen molar-refractivity contribution in [3.63, 3.8) is 0 Å². The average Bonchev–Trinajstić information content (AvgIpc) is 1.58. The van der Waals surface area contributed by atoms with Crippen LogP contribution in [-0.2, 0) is 16.5 Å². The number of hydrogen-bond donors (Lipinski definition) is 0. The number of fused-ring (bicyclic) bond motifs is 20. The Bertz CT molecular complexity index is 5490. The number of nitrogens with zero attached hydrogens (tertiary/aromatic N) is 8. The van der Waals surface area contributed by atoms with E-state index in [9.17, 15) is 0 Å². The Labute approximate surface area is 695 Å². The molecule has 0 aliphatic carbocycles. The van der Waals surface area contributed by atoms with Crippen molar-refractivity contribution < 1.29 is 54.4 Å². The van der Waals surface area contributed by atoms with Crippen LogP contribution in [-0.4, -0.2) is 86.8 Å². The maximum absolute atomic E-state index is 5.90. The molecule has 0 amide bonds. The van der Waals surface area contributed by atoms with Crippen LogP contribution in [0.15, 0.2) is 321 Å². The van der Waals surface area contributed by atoms with Gasteiger partial charge in [-0.2, -0.15) is 0 Å². The molecule has 8 bridgehead atoms. The van der Waals surface area contributed by atoms with Gasteiger partial charge in [0.2, 0.25) is 0 Å². The maximum atomic E-state index is 5.90. The maximum Gasteiger partial charge on any atom is 2.00 e. The van der Waals surface area contributed by atoms with Gasteiger partial charge in [0.15, 0.2) is 0 Å². The first kappa shape index (κ1) is 76.7. The molecule has 0 saturated carbocycles. The summed E-state index contributed by atoms with van der Waals surface area (Å²) in [5, 5.41) is 2.96. The summed E-state index contributed by atoms with van der Waals surface area (Å²) in [5.41, 5.74) is 4.44. The third-order valence-corrected chi connectivity index (χ3v) is 26.8. The predicted octanol–water partition coefficient (Wildman–Crippen LogP) is 23.4. The Morgan fingerprint density at radius 3 is 0.478 bits per heavy atom. The smallest absolute Gasteiger partial charge is 0.497 e. The van der Waals surface area contributed by atoms with Crippen LogP contribution in [0.25, 0.3) is 89.7 Å². The molecule has 12 aromatic carbocycles. The van der Waals surface area contributed by atoms with Gasteiger partial charge in [-0.15, -0.1) is 0 Å². The van der Waals surface area contributed by atoms with Crippen LogP contribution in [0.2, 0.25) is 0 Å². The minimum atomic E-state index is 0. The number of aromatic nitrogens is 8. The van der Waals surface area contributed by atoms with E-state index in [1.54, 1.807) is 151 Å². The SMILES string of the molecule is COc1ccc(Sc2ccc(Sc3ccc(OC)cc3)c3c2-c2nc-3nc3[n-]c(nc4nc(nc5[n-]c(n2)c2c(Sc6ccc(OC)cc6)ccc(Sc6ccc(OC)cc6)c52)-c2c(Sc5ccc(OC)cc5)ccc(Sc5ccc(OC)cc5)c2-4)c2c(Sc4ccc(OC)cc4)ccc(Sc4ccc(OC)cc4)c32)cc1.[Ni+2]. The molecule has 25 heteroatoms. The van der Waals surface area contributed by atoms with E-state index < -0.39 is 0 Å². The number of hydrogen-bond acceptors (Lipinski definition) is 22. The molecule has 113 heavy (non-hydrogen) atoms. The molecule has 16 nitrogen and oxygen atoms in total. The van der Waals surface area contributed by atoms with Crippen molar-refractivity contribution in [2.45, 2.75) is 78.3 Å². The zero-order chi connectivity index (χ0) is 76.3. The van der Waals surface area contributed by atoms with E-state index >= 15 is 0 Å². The summed E-state index contributed by atoms with van der Waals surface area (Å²) in [7, 11) is 13.4. The molecule has 0 unspecified atom stereocenters. The summed E-state index contributed by atoms with van der Waals surface area (Å²) in [6.07, 6.45) is 0. The summed E-state index contributed by atoms with van der Waals surface area (Å²) >= 11 is 12.7. The van der Waals surface area contributed by atoms with Gasteiger partial charge in [-0.3, -0.25) is 0 Å². The number of ether oxygens (including phenoxy) is 8. The van der Waals surface area contributed by atoms with Crippen molar-refractivity contribution in [1.29, 1.82) is 0 Å². The van der Waals surface area contributed by atoms with E-state index in [1.165, 1.54) is 0 Å². The van der Waals surface area contributed by atoms with E-state index in [1.807, 2.05) is 97.1 Å². The average molecular weight is 1680 g/mol. The standard InChI is InChI=1S/C88H64N8O8S8.Ni/c1-97-49-9-25-57(26-10-49)105-65-41-42-66(106-58-27-11-50(98-2)12-28-58)74-73(65)81-89-82(74)94-84-77-69(109-61-33-17-53(101-5)18-34-61)45-46-70(110-62-35-19-54(102-6)20-36-62)78(77)86(91-84)96-88-80-72(112-64-39-23-56(104-8)24-40-64)48-47-71(111-63-37-21-55(103-7)22-38-63)79(80)87(92-88)95-85-76-68(108-60-31-15-52(100-4)16-32-60)44-43-67(75(76)83(90-85)93-81)107-59-29-13-51(99-3)14-30-59;/h9-48H,1-8H3;/q-2;+2. The van der Waals surface area contributed by atoms with E-state index in [4.69, 9.17) is 77.8 Å². The van der Waals surface area contributed by atoms with Gasteiger partial charge in [-0.25, -0.2) is 9.97 Å². The minimum absolute atomic E-state index is 0. The Hall–Kier alpha value is -10.3. The predicted molar refractivity (Wildman–Crippen MR) is 451 cm³/mol. The summed E-state index contributed by atoms with van der Waals surface area (Å²) < 4.78 is 45.6. The van der Waals surface area contributed by atoms with Crippen LogP contribution < -0.4 is 47.9 Å². The molecule has 562 valence electrons. The molecule has 5 heterocycles. The van der Waals surface area contributed by atoms with Crippen LogP contribution in [0, 0.1) is 0 Å². The van der Waals surface area contributed by atoms with Crippen LogP contribution >= 0.6 is 94.1 Å². The third-order valence-electron chi connectivity index (χ3n) is 18.3. The topological polar surface area (TPSA) is 179 Å². The van der Waals surface area contributed by atoms with Gasteiger partial charge >= 0.3 is 16.5 Å². The Morgan fingerprint density at radius 1 is 0.186 bits per heavy atom. The van der Waals surface area contributed by atoms with Gasteiger partial charge in [-0.1, -0.05) is 94.1 Å². The van der Waals surface area contributed by atoms with E-state index in [-0.39, 0.29) is 16.5 Å². The summed E-state index contributed by atoms with van der Waals surface area (Å²) in [5.74, 6) is 7.35. The Kier molecular flexibility index (Phi) is 23.2. The van der Waals surface area contributed by atoms with Gasteiger partial charge in [0.25, 0.3) is 0 Å². The summed E-state index contributed by atoms with van der Waals surface area (Å²) in [6.45, 7) is 0. The molecular weight excluding hydrogens is 1610 g/mol. The first-order valence-electron chi connectivity index (χ1n) is 35.0. The molecule has 2 aliphatic rings. The van der Waals surface area contributed by atoms with Crippen molar-refractivity contribution in [3.8, 4) is 91.5 Å². The van der Waals surface area contributed by atoms with Crippen molar-refractivity contribution in [3.05, 3.63) is 243 Å². The zero-order valence-corrected chi connectivity index (χ0v) is 69.0. The molecule has 17 rings (SSSR count). The molecule has 0 radical (unpaired) electrons. The van der Waals surface area contributed by atoms with Crippen molar-refractivity contribution >= 4 is 138 Å². The minimum Gasteiger partial charge on any atom is -0.497 e. The van der Waals surface area contributed by atoms with E-state index in [2.05, 4.69) is 146 Å². The first-order valence-corrected chi connectivity index (χ1v) is 41.5. The summed E-state index contributed by atoms with van der Waals surface area (Å²) in [6, 6.07) is 81.6. The normalized spacial score (nSPS) is 11.4. The second kappa shape index (κ2) is 34.2. The molecule has 3 aromatic heterocycles. The first-order chi connectivity index (χ1) is 55.0. The molecule has 15 aromatic rings. The fourth-order valence-corrected chi connectivity index (χ4v) is 20.4. The second-order valence-corrected chi connectivity index (χ2v) is 33.9. The number of benzene rings is 12. The molecule has 0 atom stereocenters. The van der Waals surface area contributed by atoms with Crippen LogP contribution in [0.4, 0.5) is 0 Å². The molecular formula is C88H64N8NiO8S8. The third kappa shape index (κ3) is 16.2. The molecule has 0 N–H and O–H groups in total. The molecule has 2 aliphatic heterocycles. The van der Waals surface area contributed by atoms with Gasteiger partial charge < -0.3 is 67.8 Å². The van der Waals surface area contributed by atoms with E-state index in [0.29, 0.717) is 45.9 Å². The number of rotatable bonds is 24. The second-order valence-electron chi connectivity index (χ2n) is 25.0. The van der Waals surface area contributed by atoms with Gasteiger partial charge in [0, 0.05) is 145 Å².